The SMILES string of the molecule is CO[C@H]1C[C@H](O[C@H]2[C@@H](OC)C[C@H](O[C@H]3CC[C@@]4(C)C(=CC[C@]5(O)[C@@H]4CC(OC(=O)/C=C/c4ccccc4)[C@@]4(C)[C@]5(O)CC[C@]4(O)C(C)=O)C3)O[C@@H]2C)O[C@@H](C)[C@H]1O[C@H]1C[C@H](OC)[C@H](O[C@H]2C[C@@H](OC)[C@@H](O[C@@H]3O[C@H](CO)[C@@H](O)[C@H](O)[C@H]3O)[C@H](C)O2)[C@@H](C)O1. The number of hydrogen-bond acceptors (Lipinski definition) is 24. The van der Waals surface area contributed by atoms with E-state index in [1.165, 1.54) is 20.1 Å². The first-order chi connectivity index (χ1) is 41.8. The van der Waals surface area contributed by atoms with Gasteiger partial charge < -0.3 is 107 Å². The van der Waals surface area contributed by atoms with E-state index in [1.54, 1.807) is 41.3 Å². The normalized spacial score (nSPS) is 48.9. The number of ether oxygens (including phenoxy) is 15. The summed E-state index contributed by atoms with van der Waals surface area (Å²) in [5.74, 6) is -1.84. The molecule has 8 fully saturated rings. The van der Waals surface area contributed by atoms with Crippen molar-refractivity contribution < 1.29 is 116 Å². The van der Waals surface area contributed by atoms with Crippen LogP contribution >= 0.6 is 0 Å². The standard InChI is InChI=1S/C64H96O24/c1-32-55(85-49-27-41(75-9)56(33(2)79-49)86-50-28-42(76-10)57(34(3)80-50)87-51-29-43(77-11)58(35(4)81-51)88-59-54(70)53(69)52(68)44(31-65)83-59)40(74-8)26-48(78-32)82-39-20-21-60(6)38(25-39)19-22-63(72)45(60)30-46(84-47(67)18-17-37-15-13-12-14-16-37)61(7)62(71,36(5)66)23-24-64(61,63)73/h12-19,32-35,39-46,48-59,65,68-73H,20-31H2,1-11H3/b18-17+/t32-,33+,34-,35+,39+,40+,41+,42+,43-,44-,45-,46?,48+,49+,50+,51+,52-,53+,54-,55-,56-,57-,58+,59+,60+,61-,62+,63+,64-/m1/s1. The van der Waals surface area contributed by atoms with E-state index in [0.29, 0.717) is 38.5 Å². The Morgan fingerprint density at radius 3 is 1.59 bits per heavy atom. The van der Waals surface area contributed by atoms with Gasteiger partial charge in [-0.05, 0) is 104 Å². The number of fused-ring (bicyclic) bond motifs is 5. The zero-order chi connectivity index (χ0) is 63.4. The van der Waals surface area contributed by atoms with E-state index < -0.39 is 187 Å². The van der Waals surface area contributed by atoms with Crippen LogP contribution in [0.15, 0.2) is 48.1 Å². The summed E-state index contributed by atoms with van der Waals surface area (Å²) in [6.45, 7) is 11.8. The van der Waals surface area contributed by atoms with E-state index in [1.807, 2.05) is 57.2 Å². The molecule has 10 rings (SSSR count). The average Bonchev–Trinajstić information content (AvgIpc) is 1.35. The molecule has 29 atom stereocenters. The number of rotatable bonds is 19. The van der Waals surface area contributed by atoms with Gasteiger partial charge in [0, 0.05) is 66.1 Å². The lowest BCUT2D eigenvalue weighted by atomic mass is 9.42. The van der Waals surface area contributed by atoms with Gasteiger partial charge in [-0.3, -0.25) is 4.79 Å². The van der Waals surface area contributed by atoms with E-state index in [4.69, 9.17) is 71.1 Å². The number of hydrogen-bond donors (Lipinski definition) is 7. The summed E-state index contributed by atoms with van der Waals surface area (Å²) in [6.07, 6.45) is -10.3. The van der Waals surface area contributed by atoms with Gasteiger partial charge in [0.15, 0.2) is 37.2 Å². The molecule has 5 heterocycles. The summed E-state index contributed by atoms with van der Waals surface area (Å²) in [7, 11) is 6.34. The molecule has 24 nitrogen and oxygen atoms in total. The maximum atomic E-state index is 13.7. The van der Waals surface area contributed by atoms with Crippen molar-refractivity contribution in [2.45, 2.75) is 277 Å². The molecule has 9 aliphatic rings. The molecular weight excluding hydrogens is 1150 g/mol. The molecule has 5 aliphatic heterocycles. The van der Waals surface area contributed by atoms with Gasteiger partial charge in [-0.2, -0.15) is 0 Å². The van der Waals surface area contributed by atoms with Gasteiger partial charge in [0.25, 0.3) is 0 Å². The summed E-state index contributed by atoms with van der Waals surface area (Å²) < 4.78 is 94.3. The van der Waals surface area contributed by atoms with Crippen LogP contribution in [0.25, 0.3) is 6.08 Å². The Morgan fingerprint density at radius 2 is 1.11 bits per heavy atom. The highest BCUT2D eigenvalue weighted by atomic mass is 16.8. The van der Waals surface area contributed by atoms with Crippen molar-refractivity contribution in [2.75, 3.05) is 35.0 Å². The van der Waals surface area contributed by atoms with Gasteiger partial charge in [-0.1, -0.05) is 48.9 Å². The van der Waals surface area contributed by atoms with Crippen LogP contribution < -0.4 is 0 Å². The Balaban J connectivity index is 0.723. The Labute approximate surface area is 515 Å². The molecule has 0 spiro atoms. The van der Waals surface area contributed by atoms with Gasteiger partial charge in [-0.15, -0.1) is 0 Å². The fourth-order valence-corrected chi connectivity index (χ4v) is 16.5. The van der Waals surface area contributed by atoms with E-state index in [2.05, 4.69) is 6.92 Å². The molecule has 24 heteroatoms. The van der Waals surface area contributed by atoms with Crippen molar-refractivity contribution >= 4 is 17.8 Å². The lowest BCUT2D eigenvalue weighted by Crippen LogP contribution is -2.78. The molecule has 1 aromatic carbocycles. The zero-order valence-electron chi connectivity index (χ0n) is 52.5. The Morgan fingerprint density at radius 1 is 0.625 bits per heavy atom. The summed E-state index contributed by atoms with van der Waals surface area (Å²) in [4.78, 5) is 27.0. The second-order valence-electron chi connectivity index (χ2n) is 26.4. The number of Topliss-reactive ketones (excluding diaryl/α,β-unsaturated/α-hetero) is 1. The number of benzene rings is 1. The predicted octanol–water partition coefficient (Wildman–Crippen LogP) is 3.06. The Kier molecular flexibility index (Phi) is 20.9. The third-order valence-electron chi connectivity index (χ3n) is 21.7. The van der Waals surface area contributed by atoms with Gasteiger partial charge in [0.05, 0.1) is 67.0 Å². The van der Waals surface area contributed by atoms with Crippen LogP contribution in [0.3, 0.4) is 0 Å². The monoisotopic (exact) mass is 1250 g/mol. The molecular formula is C64H96O24. The van der Waals surface area contributed by atoms with Gasteiger partial charge >= 0.3 is 5.97 Å². The molecule has 0 bridgehead atoms. The summed E-state index contributed by atoms with van der Waals surface area (Å²) in [5.41, 5.74) is -6.36. The number of carbonyl (C=O) groups is 2. The number of ketones is 1. The van der Waals surface area contributed by atoms with Crippen LogP contribution in [0.4, 0.5) is 0 Å². The number of aliphatic hydroxyl groups is 7. The third-order valence-corrected chi connectivity index (χ3v) is 21.7. The highest BCUT2D eigenvalue weighted by Crippen LogP contribution is 2.71. The molecule has 5 saturated heterocycles. The number of esters is 1. The van der Waals surface area contributed by atoms with Crippen LogP contribution in [0, 0.1) is 16.7 Å². The molecule has 0 amide bonds. The van der Waals surface area contributed by atoms with Crippen LogP contribution in [0.2, 0.25) is 0 Å². The Hall–Kier alpha value is -3.00. The molecule has 496 valence electrons. The zero-order valence-corrected chi connectivity index (χ0v) is 52.5. The molecule has 88 heavy (non-hydrogen) atoms. The maximum absolute atomic E-state index is 13.7. The van der Waals surface area contributed by atoms with Gasteiger partial charge in [0.1, 0.15) is 71.7 Å². The van der Waals surface area contributed by atoms with E-state index in [9.17, 15) is 45.3 Å². The molecule has 4 aliphatic carbocycles. The summed E-state index contributed by atoms with van der Waals surface area (Å²) in [6, 6.07) is 9.27. The summed E-state index contributed by atoms with van der Waals surface area (Å²) in [5, 5.41) is 79.2. The van der Waals surface area contributed by atoms with Crippen LogP contribution in [-0.2, 0) is 80.6 Å². The average molecular weight is 1250 g/mol. The largest absolute Gasteiger partial charge is 0.458 e. The first kappa shape index (κ1) is 67.9. The first-order valence-corrected chi connectivity index (χ1v) is 31.4. The van der Waals surface area contributed by atoms with Crippen molar-refractivity contribution in [2.24, 2.45) is 16.7 Å². The molecule has 7 N–H and O–H groups in total. The molecule has 0 aromatic heterocycles. The third kappa shape index (κ3) is 12.4. The highest BCUT2D eigenvalue weighted by molar-refractivity contribution is 5.88. The number of aliphatic hydroxyl groups excluding tert-OH is 4. The second kappa shape index (κ2) is 27.1. The lowest BCUT2D eigenvalue weighted by molar-refractivity contribution is -0.358. The van der Waals surface area contributed by atoms with Crippen molar-refractivity contribution in [3.8, 4) is 0 Å². The molecule has 3 saturated carbocycles. The van der Waals surface area contributed by atoms with E-state index in [-0.39, 0.29) is 38.2 Å². The second-order valence-corrected chi connectivity index (χ2v) is 26.4. The quantitative estimate of drug-likeness (QED) is 0.0595. The fourth-order valence-electron chi connectivity index (χ4n) is 16.5. The van der Waals surface area contributed by atoms with Gasteiger partial charge in [-0.25, -0.2) is 4.79 Å². The highest BCUT2D eigenvalue weighted by Gasteiger charge is 2.81. The lowest BCUT2D eigenvalue weighted by Gasteiger charge is -2.67. The number of carbonyl (C=O) groups excluding carboxylic acids is 2. The van der Waals surface area contributed by atoms with Crippen molar-refractivity contribution in [1.82, 2.24) is 0 Å². The predicted molar refractivity (Wildman–Crippen MR) is 308 cm³/mol. The smallest absolute Gasteiger partial charge is 0.331 e. The minimum absolute atomic E-state index is 0.0639. The minimum atomic E-state index is -2.06. The topological polar surface area (TPSA) is 314 Å². The summed E-state index contributed by atoms with van der Waals surface area (Å²) >= 11 is 0. The van der Waals surface area contributed by atoms with Crippen molar-refractivity contribution in [3.05, 3.63) is 53.6 Å². The van der Waals surface area contributed by atoms with Crippen molar-refractivity contribution in [3.63, 3.8) is 0 Å². The fraction of sp³-hybridized carbons (Fsp3) is 0.812. The van der Waals surface area contributed by atoms with Crippen LogP contribution in [-0.4, -0.2) is 241 Å². The number of methoxy groups -OCH3 is 4. The maximum Gasteiger partial charge on any atom is 0.331 e. The molecule has 0 radical (unpaired) electrons. The van der Waals surface area contributed by atoms with Gasteiger partial charge in [0.2, 0.25) is 0 Å². The van der Waals surface area contributed by atoms with E-state index >= 15 is 0 Å². The minimum Gasteiger partial charge on any atom is -0.458 e. The van der Waals surface area contributed by atoms with Crippen molar-refractivity contribution in [1.29, 1.82) is 0 Å². The molecule has 1 aromatic rings. The van der Waals surface area contributed by atoms with E-state index in [0.717, 1.165) is 11.1 Å². The van der Waals surface area contributed by atoms with Crippen LogP contribution in [0.5, 0.6) is 0 Å². The Bertz CT molecular complexity index is 2590. The first-order valence-electron chi connectivity index (χ1n) is 31.4. The molecule has 1 unspecified atom stereocenters. The van der Waals surface area contributed by atoms with Crippen LogP contribution in [0.1, 0.15) is 125 Å².